The van der Waals surface area contributed by atoms with Gasteiger partial charge in [0.25, 0.3) is 0 Å². The van der Waals surface area contributed by atoms with E-state index in [1.54, 1.807) is 0 Å². The molecule has 0 N–H and O–H groups in total. The van der Waals surface area contributed by atoms with E-state index in [-0.39, 0.29) is 5.92 Å². The molecule has 1 heteroatoms. The molecule has 2 rings (SSSR count). The lowest BCUT2D eigenvalue weighted by Crippen LogP contribution is -2.24. The molecule has 0 aliphatic heterocycles. The number of carbonyl (C=O) groups is 1. The molecule has 1 fully saturated rings. The van der Waals surface area contributed by atoms with Gasteiger partial charge in [-0.3, -0.25) is 4.79 Å². The Morgan fingerprint density at radius 1 is 1.35 bits per heavy atom. The molecule has 1 nitrogen and oxygen atoms in total. The fraction of sp³-hybridized carbons (Fsp3) is 0.737. The Labute approximate surface area is 124 Å². The average molecular weight is 274 g/mol. The zero-order valence-corrected chi connectivity index (χ0v) is 13.7. The van der Waals surface area contributed by atoms with E-state index >= 15 is 0 Å². The lowest BCUT2D eigenvalue weighted by Gasteiger charge is -2.22. The first-order valence-electron chi connectivity index (χ1n) is 8.30. The maximum atomic E-state index is 13.0. The third-order valence-corrected chi connectivity index (χ3v) is 5.60. The number of ketones is 1. The summed E-state index contributed by atoms with van der Waals surface area (Å²) in [6.07, 6.45) is 6.82. The van der Waals surface area contributed by atoms with Gasteiger partial charge in [-0.05, 0) is 75.7 Å². The molecule has 0 spiro atoms. The van der Waals surface area contributed by atoms with Crippen molar-refractivity contribution in [3.63, 3.8) is 0 Å². The van der Waals surface area contributed by atoms with Gasteiger partial charge < -0.3 is 0 Å². The second-order valence-electron chi connectivity index (χ2n) is 7.34. The predicted octanol–water partition coefficient (Wildman–Crippen LogP) is 5.32. The predicted molar refractivity (Wildman–Crippen MR) is 85.5 cm³/mol. The smallest absolute Gasteiger partial charge is 0.162 e. The van der Waals surface area contributed by atoms with Crippen LogP contribution in [0.3, 0.4) is 0 Å². The highest BCUT2D eigenvalue weighted by Crippen LogP contribution is 2.45. The van der Waals surface area contributed by atoms with Crippen LogP contribution >= 0.6 is 0 Å². The minimum absolute atomic E-state index is 0.254. The van der Waals surface area contributed by atoms with Crippen molar-refractivity contribution in [2.45, 2.75) is 66.2 Å². The number of allylic oxidation sites excluding steroid dienone is 3. The van der Waals surface area contributed by atoms with Crippen molar-refractivity contribution in [1.29, 1.82) is 0 Å². The topological polar surface area (TPSA) is 17.1 Å². The van der Waals surface area contributed by atoms with Crippen LogP contribution in [0.4, 0.5) is 0 Å². The minimum atomic E-state index is 0.254. The summed E-state index contributed by atoms with van der Waals surface area (Å²) in [6, 6.07) is 0. The third kappa shape index (κ3) is 3.07. The number of Topliss-reactive ketones (excluding diaryl/α,β-unsaturated/α-hetero) is 1. The number of rotatable bonds is 4. The molecule has 0 saturated heterocycles. The summed E-state index contributed by atoms with van der Waals surface area (Å²) < 4.78 is 0. The molecule has 0 bridgehead atoms. The van der Waals surface area contributed by atoms with Gasteiger partial charge in [0.2, 0.25) is 0 Å². The van der Waals surface area contributed by atoms with Crippen LogP contribution in [0.1, 0.15) is 66.2 Å². The Bertz CT molecular complexity index is 429. The largest absolute Gasteiger partial charge is 0.294 e. The maximum absolute atomic E-state index is 13.0. The molecule has 0 radical (unpaired) electrons. The second-order valence-corrected chi connectivity index (χ2v) is 7.34. The van der Waals surface area contributed by atoms with Crippen molar-refractivity contribution in [2.24, 2.45) is 23.7 Å². The Hall–Kier alpha value is -0.850. The fourth-order valence-corrected chi connectivity index (χ4v) is 4.12. The van der Waals surface area contributed by atoms with E-state index < -0.39 is 0 Å². The monoisotopic (exact) mass is 274 g/mol. The summed E-state index contributed by atoms with van der Waals surface area (Å²) in [4.78, 5) is 13.0. The molecule has 0 unspecified atom stereocenters. The van der Waals surface area contributed by atoms with E-state index in [0.717, 1.165) is 25.7 Å². The normalized spacial score (nSPS) is 32.0. The fourth-order valence-electron chi connectivity index (χ4n) is 4.12. The van der Waals surface area contributed by atoms with Gasteiger partial charge in [0.15, 0.2) is 5.78 Å². The van der Waals surface area contributed by atoms with Gasteiger partial charge in [-0.2, -0.15) is 0 Å². The Morgan fingerprint density at radius 3 is 2.70 bits per heavy atom. The molecule has 1 saturated carbocycles. The van der Waals surface area contributed by atoms with E-state index in [1.165, 1.54) is 29.6 Å². The van der Waals surface area contributed by atoms with Crippen LogP contribution in [-0.2, 0) is 4.79 Å². The van der Waals surface area contributed by atoms with E-state index in [2.05, 4.69) is 34.3 Å². The molecule has 112 valence electrons. The Morgan fingerprint density at radius 2 is 2.05 bits per heavy atom. The van der Waals surface area contributed by atoms with Crippen LogP contribution in [0, 0.1) is 23.7 Å². The highest BCUT2D eigenvalue weighted by molar-refractivity contribution is 5.99. The van der Waals surface area contributed by atoms with Crippen molar-refractivity contribution < 1.29 is 4.79 Å². The van der Waals surface area contributed by atoms with Crippen molar-refractivity contribution in [3.8, 4) is 0 Å². The third-order valence-electron chi connectivity index (χ3n) is 5.60. The summed E-state index contributed by atoms with van der Waals surface area (Å²) in [5, 5.41) is 0. The summed E-state index contributed by atoms with van der Waals surface area (Å²) in [6.45, 7) is 12.9. The molecular formula is C19H30O. The lowest BCUT2D eigenvalue weighted by molar-refractivity contribution is -0.121. The van der Waals surface area contributed by atoms with Gasteiger partial charge in [-0.15, -0.1) is 6.58 Å². The van der Waals surface area contributed by atoms with Gasteiger partial charge in [0.05, 0.1) is 0 Å². The number of hydrogen-bond acceptors (Lipinski definition) is 1. The average Bonchev–Trinajstić information content (AvgIpc) is 2.72. The van der Waals surface area contributed by atoms with E-state index in [1.807, 2.05) is 0 Å². The van der Waals surface area contributed by atoms with Crippen molar-refractivity contribution in [1.82, 2.24) is 0 Å². The van der Waals surface area contributed by atoms with Gasteiger partial charge in [0, 0.05) is 5.92 Å². The van der Waals surface area contributed by atoms with Crippen LogP contribution in [0.5, 0.6) is 0 Å². The van der Waals surface area contributed by atoms with Gasteiger partial charge in [0.1, 0.15) is 0 Å². The molecule has 0 aromatic rings. The minimum Gasteiger partial charge on any atom is -0.294 e. The molecule has 2 aliphatic rings. The zero-order valence-electron chi connectivity index (χ0n) is 13.7. The Kier molecular flexibility index (Phi) is 4.88. The summed E-state index contributed by atoms with van der Waals surface area (Å²) in [5.41, 5.74) is 3.84. The summed E-state index contributed by atoms with van der Waals surface area (Å²) in [7, 11) is 0. The molecule has 4 atom stereocenters. The molecule has 0 aromatic heterocycles. The zero-order chi connectivity index (χ0) is 14.9. The molecule has 0 aromatic carbocycles. The molecular weight excluding hydrogens is 244 g/mol. The van der Waals surface area contributed by atoms with Gasteiger partial charge >= 0.3 is 0 Å². The van der Waals surface area contributed by atoms with Crippen LogP contribution < -0.4 is 0 Å². The number of carbonyl (C=O) groups excluding carboxylic acids is 1. The number of fused-ring (bicyclic) bond motifs is 1. The standard InChI is InChI=1S/C19H30O/c1-12(2)6-7-14(4)17-11-8-13(3)16-10-9-15(5)18(16)19(17)20/h13-14,16-17H,1,6-11H2,2-5H3/t13-,14+,16+,17-/m1/s1. The first-order chi connectivity index (χ1) is 9.41. The van der Waals surface area contributed by atoms with Gasteiger partial charge in [-0.25, -0.2) is 0 Å². The van der Waals surface area contributed by atoms with Crippen molar-refractivity contribution in [2.75, 3.05) is 0 Å². The highest BCUT2D eigenvalue weighted by Gasteiger charge is 2.39. The summed E-state index contributed by atoms with van der Waals surface area (Å²) in [5.74, 6) is 2.48. The number of hydrogen-bond donors (Lipinski definition) is 0. The van der Waals surface area contributed by atoms with Crippen molar-refractivity contribution >= 4 is 5.78 Å². The molecule has 0 amide bonds. The van der Waals surface area contributed by atoms with E-state index in [4.69, 9.17) is 0 Å². The van der Waals surface area contributed by atoms with Crippen LogP contribution in [0.15, 0.2) is 23.3 Å². The van der Waals surface area contributed by atoms with Crippen LogP contribution in [0.2, 0.25) is 0 Å². The second kappa shape index (κ2) is 6.28. The molecule has 0 heterocycles. The molecule has 20 heavy (non-hydrogen) atoms. The molecule has 2 aliphatic carbocycles. The highest BCUT2D eigenvalue weighted by atomic mass is 16.1. The van der Waals surface area contributed by atoms with E-state index in [9.17, 15) is 4.79 Å². The van der Waals surface area contributed by atoms with Crippen LogP contribution in [0.25, 0.3) is 0 Å². The summed E-state index contributed by atoms with van der Waals surface area (Å²) >= 11 is 0. The maximum Gasteiger partial charge on any atom is 0.162 e. The van der Waals surface area contributed by atoms with Gasteiger partial charge in [-0.1, -0.05) is 25.0 Å². The van der Waals surface area contributed by atoms with Crippen LogP contribution in [-0.4, -0.2) is 5.78 Å². The Balaban J connectivity index is 2.16. The van der Waals surface area contributed by atoms with Crippen molar-refractivity contribution in [3.05, 3.63) is 23.3 Å². The lowest BCUT2D eigenvalue weighted by atomic mass is 9.81. The first kappa shape index (κ1) is 15.5. The quantitative estimate of drug-likeness (QED) is 0.634. The van der Waals surface area contributed by atoms with E-state index in [0.29, 0.717) is 23.5 Å². The SMILES string of the molecule is C=C(C)CC[C@H](C)[C@H]1CC[C@@H](C)[C@@H]2CCC(C)=C2C1=O. The first-order valence-corrected chi connectivity index (χ1v) is 8.30.